The number of aromatic nitrogens is 2. The lowest BCUT2D eigenvalue weighted by atomic mass is 10.3. The van der Waals surface area contributed by atoms with Gasteiger partial charge in [-0.05, 0) is 25.5 Å². The summed E-state index contributed by atoms with van der Waals surface area (Å²) >= 11 is 6.09. The topological polar surface area (TPSA) is 79.2 Å². The SMILES string of the molecule is CC(O)CCNC(=O)Nc1cnn(-c2ccccc2Cl)c1. The highest BCUT2D eigenvalue weighted by molar-refractivity contribution is 6.32. The van der Waals surface area contributed by atoms with Crippen molar-refractivity contribution in [2.45, 2.75) is 19.4 Å². The molecule has 6 nitrogen and oxygen atoms in total. The number of hydrogen-bond acceptors (Lipinski definition) is 3. The second-order valence-corrected chi connectivity index (χ2v) is 5.05. The monoisotopic (exact) mass is 308 g/mol. The van der Waals surface area contributed by atoms with Crippen LogP contribution in [-0.4, -0.2) is 33.6 Å². The van der Waals surface area contributed by atoms with E-state index in [0.29, 0.717) is 23.7 Å². The first kappa shape index (κ1) is 15.3. The molecule has 0 spiro atoms. The molecule has 1 unspecified atom stereocenters. The summed E-state index contributed by atoms with van der Waals surface area (Å²) < 4.78 is 1.59. The number of aliphatic hydroxyl groups excluding tert-OH is 1. The van der Waals surface area contributed by atoms with Gasteiger partial charge in [0.1, 0.15) is 0 Å². The van der Waals surface area contributed by atoms with Gasteiger partial charge >= 0.3 is 6.03 Å². The lowest BCUT2D eigenvalue weighted by Gasteiger charge is -2.07. The summed E-state index contributed by atoms with van der Waals surface area (Å²) in [7, 11) is 0. The van der Waals surface area contributed by atoms with Crippen LogP contribution in [0.5, 0.6) is 0 Å². The van der Waals surface area contributed by atoms with Crippen molar-refractivity contribution < 1.29 is 9.90 Å². The number of carbonyl (C=O) groups is 1. The molecule has 112 valence electrons. The van der Waals surface area contributed by atoms with Crippen LogP contribution in [0.25, 0.3) is 5.69 Å². The molecule has 0 aliphatic heterocycles. The molecule has 0 bridgehead atoms. The summed E-state index contributed by atoms with van der Waals surface area (Å²) in [5.74, 6) is 0. The highest BCUT2D eigenvalue weighted by atomic mass is 35.5. The van der Waals surface area contributed by atoms with Crippen molar-refractivity contribution in [2.24, 2.45) is 0 Å². The molecular weight excluding hydrogens is 292 g/mol. The molecule has 1 aromatic heterocycles. The van der Waals surface area contributed by atoms with Crippen molar-refractivity contribution in [1.29, 1.82) is 0 Å². The number of aliphatic hydroxyl groups is 1. The number of para-hydroxylation sites is 1. The van der Waals surface area contributed by atoms with E-state index in [1.165, 1.54) is 6.20 Å². The maximum atomic E-state index is 11.6. The fourth-order valence-corrected chi connectivity index (χ4v) is 1.95. The van der Waals surface area contributed by atoms with Crippen LogP contribution < -0.4 is 10.6 Å². The van der Waals surface area contributed by atoms with Gasteiger partial charge in [-0.1, -0.05) is 23.7 Å². The third-order valence-corrected chi connectivity index (χ3v) is 3.11. The van der Waals surface area contributed by atoms with Crippen LogP contribution in [0.15, 0.2) is 36.7 Å². The summed E-state index contributed by atoms with van der Waals surface area (Å²) in [5, 5.41) is 19.2. The average molecular weight is 309 g/mol. The predicted octanol–water partition coefficient (Wildman–Crippen LogP) is 2.42. The molecule has 1 aromatic carbocycles. The fraction of sp³-hybridized carbons (Fsp3) is 0.286. The molecule has 0 aliphatic carbocycles. The van der Waals surface area contributed by atoms with Gasteiger partial charge in [0.05, 0.1) is 34.9 Å². The van der Waals surface area contributed by atoms with Crippen LogP contribution >= 0.6 is 11.6 Å². The van der Waals surface area contributed by atoms with Crippen LogP contribution in [0, 0.1) is 0 Å². The largest absolute Gasteiger partial charge is 0.393 e. The van der Waals surface area contributed by atoms with E-state index in [-0.39, 0.29) is 6.03 Å². The zero-order chi connectivity index (χ0) is 15.2. The molecule has 2 aromatic rings. The first-order chi connectivity index (χ1) is 10.1. The smallest absolute Gasteiger partial charge is 0.319 e. The number of nitrogens with zero attached hydrogens (tertiary/aromatic N) is 2. The summed E-state index contributed by atoms with van der Waals surface area (Å²) in [6.45, 7) is 2.08. The Morgan fingerprint density at radius 3 is 2.95 bits per heavy atom. The first-order valence-electron chi connectivity index (χ1n) is 6.59. The molecule has 0 aliphatic rings. The van der Waals surface area contributed by atoms with E-state index < -0.39 is 6.10 Å². The number of anilines is 1. The van der Waals surface area contributed by atoms with Crippen molar-refractivity contribution in [2.75, 3.05) is 11.9 Å². The quantitative estimate of drug-likeness (QED) is 0.793. The number of rotatable bonds is 5. The van der Waals surface area contributed by atoms with Gasteiger partial charge in [0.25, 0.3) is 0 Å². The van der Waals surface area contributed by atoms with Crippen LogP contribution in [0.4, 0.5) is 10.5 Å². The molecule has 1 atom stereocenters. The summed E-state index contributed by atoms with van der Waals surface area (Å²) in [6, 6.07) is 6.97. The van der Waals surface area contributed by atoms with E-state index >= 15 is 0 Å². The van der Waals surface area contributed by atoms with Crippen LogP contribution in [0.1, 0.15) is 13.3 Å². The number of urea groups is 1. The van der Waals surface area contributed by atoms with Crippen molar-refractivity contribution in [3.05, 3.63) is 41.7 Å². The minimum atomic E-state index is -0.437. The Morgan fingerprint density at radius 1 is 1.48 bits per heavy atom. The number of nitrogens with one attached hydrogen (secondary N) is 2. The zero-order valence-corrected chi connectivity index (χ0v) is 12.3. The predicted molar refractivity (Wildman–Crippen MR) is 81.9 cm³/mol. The Bertz CT molecular complexity index is 613. The maximum Gasteiger partial charge on any atom is 0.319 e. The Morgan fingerprint density at radius 2 is 2.24 bits per heavy atom. The third kappa shape index (κ3) is 4.47. The molecule has 0 radical (unpaired) electrons. The number of amides is 2. The Balaban J connectivity index is 1.94. The second kappa shape index (κ2) is 7.10. The number of benzene rings is 1. The number of hydrogen-bond donors (Lipinski definition) is 3. The van der Waals surface area contributed by atoms with Crippen LogP contribution in [0.2, 0.25) is 5.02 Å². The number of carbonyl (C=O) groups excluding carboxylic acids is 1. The Hall–Kier alpha value is -2.05. The van der Waals surface area contributed by atoms with Crippen molar-refractivity contribution in [3.63, 3.8) is 0 Å². The second-order valence-electron chi connectivity index (χ2n) is 4.64. The van der Waals surface area contributed by atoms with Crippen LogP contribution in [-0.2, 0) is 0 Å². The summed E-state index contributed by atoms with van der Waals surface area (Å²) in [6.07, 6.45) is 3.28. The van der Waals surface area contributed by atoms with Gasteiger partial charge in [0, 0.05) is 6.54 Å². The van der Waals surface area contributed by atoms with E-state index in [2.05, 4.69) is 15.7 Å². The molecule has 0 fully saturated rings. The molecule has 21 heavy (non-hydrogen) atoms. The van der Waals surface area contributed by atoms with Crippen LogP contribution in [0.3, 0.4) is 0 Å². The molecule has 7 heteroatoms. The van der Waals surface area contributed by atoms with E-state index in [0.717, 1.165) is 5.69 Å². The van der Waals surface area contributed by atoms with Crippen molar-refractivity contribution in [1.82, 2.24) is 15.1 Å². The lowest BCUT2D eigenvalue weighted by molar-refractivity contribution is 0.184. The highest BCUT2D eigenvalue weighted by Crippen LogP contribution is 2.20. The van der Waals surface area contributed by atoms with E-state index in [1.807, 2.05) is 18.2 Å². The van der Waals surface area contributed by atoms with E-state index in [9.17, 15) is 4.79 Å². The molecule has 3 N–H and O–H groups in total. The van der Waals surface area contributed by atoms with Gasteiger partial charge in [0.15, 0.2) is 0 Å². The molecular formula is C14H17ClN4O2. The van der Waals surface area contributed by atoms with Crippen molar-refractivity contribution in [3.8, 4) is 5.69 Å². The van der Waals surface area contributed by atoms with Gasteiger partial charge in [0.2, 0.25) is 0 Å². The fourth-order valence-electron chi connectivity index (χ4n) is 1.73. The van der Waals surface area contributed by atoms with Gasteiger partial charge in [-0.15, -0.1) is 0 Å². The minimum Gasteiger partial charge on any atom is -0.393 e. The Kier molecular flexibility index (Phi) is 5.19. The standard InChI is InChI=1S/C14H17ClN4O2/c1-10(20)6-7-16-14(21)18-11-8-17-19(9-11)13-5-3-2-4-12(13)15/h2-5,8-10,20H,6-7H2,1H3,(H2,16,18,21). The molecule has 1 heterocycles. The van der Waals surface area contributed by atoms with E-state index in [1.54, 1.807) is 23.9 Å². The maximum absolute atomic E-state index is 11.6. The third-order valence-electron chi connectivity index (χ3n) is 2.79. The van der Waals surface area contributed by atoms with Gasteiger partial charge in [-0.2, -0.15) is 5.10 Å². The lowest BCUT2D eigenvalue weighted by Crippen LogP contribution is -2.30. The normalized spacial score (nSPS) is 12.0. The average Bonchev–Trinajstić information content (AvgIpc) is 2.87. The number of halogens is 1. The van der Waals surface area contributed by atoms with E-state index in [4.69, 9.17) is 16.7 Å². The highest BCUT2D eigenvalue weighted by Gasteiger charge is 2.07. The van der Waals surface area contributed by atoms with Crippen molar-refractivity contribution >= 4 is 23.3 Å². The minimum absolute atomic E-state index is 0.339. The summed E-state index contributed by atoms with van der Waals surface area (Å²) in [4.78, 5) is 11.6. The summed E-state index contributed by atoms with van der Waals surface area (Å²) in [5.41, 5.74) is 1.30. The zero-order valence-electron chi connectivity index (χ0n) is 11.6. The molecule has 0 saturated carbocycles. The van der Waals surface area contributed by atoms with Gasteiger partial charge in [-0.3, -0.25) is 0 Å². The molecule has 2 rings (SSSR count). The first-order valence-corrected chi connectivity index (χ1v) is 6.96. The Labute approximate surface area is 127 Å². The van der Waals surface area contributed by atoms with Gasteiger partial charge < -0.3 is 15.7 Å². The molecule has 0 saturated heterocycles. The molecule has 2 amide bonds. The van der Waals surface area contributed by atoms with Gasteiger partial charge in [-0.25, -0.2) is 9.48 Å².